The first-order valence-electron chi connectivity index (χ1n) is 9.26. The summed E-state index contributed by atoms with van der Waals surface area (Å²) < 4.78 is 17.0. The Bertz CT molecular complexity index is 1320. The maximum atomic E-state index is 12.3. The van der Waals surface area contributed by atoms with Crippen molar-refractivity contribution in [2.24, 2.45) is 5.10 Å². The summed E-state index contributed by atoms with van der Waals surface area (Å²) >= 11 is 3.39. The zero-order valence-electron chi connectivity index (χ0n) is 16.6. The van der Waals surface area contributed by atoms with Crippen LogP contribution in [0.25, 0.3) is 22.3 Å². The molecule has 4 aromatic rings. The smallest absolute Gasteiger partial charge is 0.337 e. The predicted octanol–water partition coefficient (Wildman–Crippen LogP) is 5.31. The second kappa shape index (κ2) is 8.61. The second-order valence-corrected chi connectivity index (χ2v) is 7.63. The fourth-order valence-electron chi connectivity index (χ4n) is 3.03. The van der Waals surface area contributed by atoms with E-state index in [1.54, 1.807) is 36.4 Å². The van der Waals surface area contributed by atoms with E-state index in [1.165, 1.54) is 13.3 Å². The number of carbonyl (C=O) groups excluding carboxylic acids is 2. The molecule has 0 aliphatic rings. The van der Waals surface area contributed by atoms with E-state index >= 15 is 0 Å². The molecule has 7 nitrogen and oxygen atoms in total. The van der Waals surface area contributed by atoms with Gasteiger partial charge in [-0.3, -0.25) is 4.79 Å². The molecule has 0 fully saturated rings. The molecule has 2 aromatic carbocycles. The predicted molar refractivity (Wildman–Crippen MR) is 119 cm³/mol. The molecule has 31 heavy (non-hydrogen) atoms. The molecule has 0 aliphatic carbocycles. The first-order valence-corrected chi connectivity index (χ1v) is 10.1. The van der Waals surface area contributed by atoms with Crippen molar-refractivity contribution >= 4 is 45.0 Å². The van der Waals surface area contributed by atoms with Gasteiger partial charge in [-0.1, -0.05) is 22.0 Å². The highest BCUT2D eigenvalue weighted by molar-refractivity contribution is 9.10. The molecule has 2 heterocycles. The maximum Gasteiger partial charge on any atom is 0.337 e. The number of aryl methyl sites for hydroxylation is 1. The van der Waals surface area contributed by atoms with Crippen molar-refractivity contribution in [2.75, 3.05) is 7.11 Å². The van der Waals surface area contributed by atoms with Gasteiger partial charge >= 0.3 is 11.9 Å². The molecule has 2 aromatic heterocycles. The third-order valence-electron chi connectivity index (χ3n) is 4.61. The van der Waals surface area contributed by atoms with Crippen LogP contribution in [-0.4, -0.2) is 25.2 Å². The van der Waals surface area contributed by atoms with Gasteiger partial charge in [0.15, 0.2) is 5.76 Å². The van der Waals surface area contributed by atoms with Gasteiger partial charge in [-0.25, -0.2) is 10.2 Å². The van der Waals surface area contributed by atoms with E-state index in [9.17, 15) is 9.59 Å². The van der Waals surface area contributed by atoms with Gasteiger partial charge in [-0.15, -0.1) is 0 Å². The van der Waals surface area contributed by atoms with Crippen LogP contribution in [-0.2, 0) is 4.74 Å². The van der Waals surface area contributed by atoms with Crippen LogP contribution >= 0.6 is 15.9 Å². The summed E-state index contributed by atoms with van der Waals surface area (Å²) in [4.78, 5) is 24.1. The van der Waals surface area contributed by atoms with E-state index in [-0.39, 0.29) is 5.76 Å². The van der Waals surface area contributed by atoms with Gasteiger partial charge in [0.2, 0.25) is 0 Å². The SMILES string of the molecule is COC(=O)c1ccc(C)c(-c2ccc(/C=N/NC(=O)c3cc4cc(Br)ccc4o3)o2)c1. The Labute approximate surface area is 185 Å². The molecule has 0 radical (unpaired) electrons. The lowest BCUT2D eigenvalue weighted by Gasteiger charge is -2.05. The summed E-state index contributed by atoms with van der Waals surface area (Å²) in [7, 11) is 1.34. The number of esters is 1. The highest BCUT2D eigenvalue weighted by atomic mass is 79.9. The third-order valence-corrected chi connectivity index (χ3v) is 5.10. The van der Waals surface area contributed by atoms with Gasteiger partial charge in [-0.05, 0) is 61.0 Å². The fraction of sp³-hybridized carbons (Fsp3) is 0.0870. The van der Waals surface area contributed by atoms with E-state index in [1.807, 2.05) is 25.1 Å². The van der Waals surface area contributed by atoms with Gasteiger partial charge in [0.1, 0.15) is 17.1 Å². The molecule has 4 rings (SSSR count). The fourth-order valence-corrected chi connectivity index (χ4v) is 3.41. The van der Waals surface area contributed by atoms with Gasteiger partial charge in [-0.2, -0.15) is 5.10 Å². The molecule has 156 valence electrons. The van der Waals surface area contributed by atoms with Crippen molar-refractivity contribution in [1.82, 2.24) is 5.43 Å². The highest BCUT2D eigenvalue weighted by Gasteiger charge is 2.13. The van der Waals surface area contributed by atoms with Crippen LogP contribution in [0.5, 0.6) is 0 Å². The van der Waals surface area contributed by atoms with Crippen LogP contribution in [0.15, 0.2) is 73.0 Å². The number of benzene rings is 2. The molecule has 0 saturated carbocycles. The Hall–Kier alpha value is -3.65. The number of fused-ring (bicyclic) bond motifs is 1. The number of halogens is 1. The lowest BCUT2D eigenvalue weighted by molar-refractivity contribution is 0.0600. The van der Waals surface area contributed by atoms with Crippen LogP contribution in [0.2, 0.25) is 0 Å². The van der Waals surface area contributed by atoms with E-state index in [0.717, 1.165) is 21.0 Å². The van der Waals surface area contributed by atoms with Crippen molar-refractivity contribution in [3.8, 4) is 11.3 Å². The molecule has 0 saturated heterocycles. The van der Waals surface area contributed by atoms with Crippen molar-refractivity contribution < 1.29 is 23.2 Å². The number of hydrogen-bond donors (Lipinski definition) is 1. The number of hydrazone groups is 1. The number of methoxy groups -OCH3 is 1. The Morgan fingerprint density at radius 1 is 1.06 bits per heavy atom. The normalized spacial score (nSPS) is 11.2. The number of nitrogens with zero attached hydrogens (tertiary/aromatic N) is 1. The average molecular weight is 481 g/mol. The van der Waals surface area contributed by atoms with Crippen molar-refractivity contribution in [2.45, 2.75) is 6.92 Å². The number of amides is 1. The molecular formula is C23H17BrN2O5. The van der Waals surface area contributed by atoms with Gasteiger partial charge < -0.3 is 13.6 Å². The van der Waals surface area contributed by atoms with Crippen molar-refractivity contribution in [3.05, 3.63) is 81.7 Å². The summed E-state index contributed by atoms with van der Waals surface area (Å²) in [6, 6.07) is 15.8. The largest absolute Gasteiger partial charge is 0.465 e. The van der Waals surface area contributed by atoms with Crippen LogP contribution in [0, 0.1) is 6.92 Å². The van der Waals surface area contributed by atoms with Crippen LogP contribution < -0.4 is 5.43 Å². The standard InChI is InChI=1S/C23H17BrN2O5/c1-13-3-4-14(23(28)29-2)10-18(13)20-8-6-17(30-20)12-25-26-22(27)21-11-15-9-16(24)5-7-19(15)31-21/h3-12H,1-2H3,(H,26,27)/b25-12+. The van der Waals surface area contributed by atoms with Gasteiger partial charge in [0.05, 0.1) is 18.9 Å². The lowest BCUT2D eigenvalue weighted by atomic mass is 10.0. The lowest BCUT2D eigenvalue weighted by Crippen LogP contribution is -2.16. The van der Waals surface area contributed by atoms with E-state index in [0.29, 0.717) is 22.7 Å². The first-order chi connectivity index (χ1) is 14.9. The average Bonchev–Trinajstić information content (AvgIpc) is 3.40. The van der Waals surface area contributed by atoms with Crippen LogP contribution in [0.4, 0.5) is 0 Å². The van der Waals surface area contributed by atoms with Crippen LogP contribution in [0.3, 0.4) is 0 Å². The molecular weight excluding hydrogens is 464 g/mol. The number of hydrogen-bond acceptors (Lipinski definition) is 6. The Morgan fingerprint density at radius 3 is 2.71 bits per heavy atom. The zero-order chi connectivity index (χ0) is 22.0. The molecule has 0 bridgehead atoms. The summed E-state index contributed by atoms with van der Waals surface area (Å²) in [6.45, 7) is 1.92. The molecule has 0 aliphatic heterocycles. The topological polar surface area (TPSA) is 94.0 Å². The quantitative estimate of drug-likeness (QED) is 0.237. The van der Waals surface area contributed by atoms with Crippen molar-refractivity contribution in [1.29, 1.82) is 0 Å². The minimum Gasteiger partial charge on any atom is -0.465 e. The van der Waals surface area contributed by atoms with E-state index in [4.69, 9.17) is 13.6 Å². The summed E-state index contributed by atoms with van der Waals surface area (Å²) in [5, 5.41) is 4.74. The molecule has 1 amide bonds. The maximum absolute atomic E-state index is 12.3. The summed E-state index contributed by atoms with van der Waals surface area (Å²) in [6.07, 6.45) is 1.39. The number of carbonyl (C=O) groups is 2. The third kappa shape index (κ3) is 4.44. The highest BCUT2D eigenvalue weighted by Crippen LogP contribution is 2.27. The van der Waals surface area contributed by atoms with Gasteiger partial charge in [0.25, 0.3) is 0 Å². The Balaban J connectivity index is 1.47. The van der Waals surface area contributed by atoms with Crippen molar-refractivity contribution in [3.63, 3.8) is 0 Å². The van der Waals surface area contributed by atoms with E-state index < -0.39 is 11.9 Å². The molecule has 1 N–H and O–H groups in total. The van der Waals surface area contributed by atoms with E-state index in [2.05, 4.69) is 26.5 Å². The molecule has 0 atom stereocenters. The number of furan rings is 2. The van der Waals surface area contributed by atoms with Gasteiger partial charge in [0, 0.05) is 15.4 Å². The minimum atomic E-state index is -0.475. The molecule has 0 spiro atoms. The Kier molecular flexibility index (Phi) is 5.73. The monoisotopic (exact) mass is 480 g/mol. The van der Waals surface area contributed by atoms with Crippen LogP contribution in [0.1, 0.15) is 32.2 Å². The summed E-state index contributed by atoms with van der Waals surface area (Å²) in [5.74, 6) is 0.262. The minimum absolute atomic E-state index is 0.153. The first kappa shape index (κ1) is 20.6. The number of ether oxygens (including phenoxy) is 1. The number of nitrogens with one attached hydrogen (secondary N) is 1. The Morgan fingerprint density at radius 2 is 1.90 bits per heavy atom. The molecule has 0 unspecified atom stereocenters. The molecule has 8 heteroatoms. The second-order valence-electron chi connectivity index (χ2n) is 6.72. The summed E-state index contributed by atoms with van der Waals surface area (Å²) in [5.41, 5.74) is 5.16. The number of rotatable bonds is 5. The zero-order valence-corrected chi connectivity index (χ0v) is 18.2.